The first-order valence-electron chi connectivity index (χ1n) is 21.9. The first kappa shape index (κ1) is 54.5. The van der Waals surface area contributed by atoms with Crippen LogP contribution in [0.2, 0.25) is 18.1 Å². The van der Waals surface area contributed by atoms with Gasteiger partial charge in [0.05, 0.1) is 39.4 Å². The van der Waals surface area contributed by atoms with E-state index >= 15 is 0 Å². The van der Waals surface area contributed by atoms with Crippen LogP contribution in [0.3, 0.4) is 0 Å². The van der Waals surface area contributed by atoms with Gasteiger partial charge in [-0.15, -0.1) is 0 Å². The van der Waals surface area contributed by atoms with Crippen LogP contribution in [0.1, 0.15) is 49.3 Å². The van der Waals surface area contributed by atoms with E-state index in [2.05, 4.69) is 15.0 Å². The molecule has 7 rings (SSSR count). The van der Waals surface area contributed by atoms with Gasteiger partial charge in [0.25, 0.3) is 5.56 Å². The van der Waals surface area contributed by atoms with Crippen molar-refractivity contribution in [2.45, 2.75) is 89.9 Å². The quantitative estimate of drug-likeness (QED) is 0.0324. The molecule has 1 fully saturated rings. The number of hydrogen-bond donors (Lipinski definition) is 4. The molecule has 0 aliphatic carbocycles. The van der Waals surface area contributed by atoms with Gasteiger partial charge in [-0.25, -0.2) is 23.2 Å². The minimum absolute atomic E-state index is 0.111. The number of phosphoric acid groups is 4. The van der Waals surface area contributed by atoms with Crippen LogP contribution in [-0.4, -0.2) is 62.5 Å². The minimum Gasteiger partial charge on any atom is -0.407 e. The third kappa shape index (κ3) is 14.9. The first-order valence-corrected chi connectivity index (χ1v) is 30.7. The number of nitrogens with one attached hydrogen (secondary N) is 1. The molecule has 6 atom stereocenters. The van der Waals surface area contributed by atoms with Crippen LogP contribution in [0.25, 0.3) is 11.2 Å². The molecule has 4 aromatic carbocycles. The lowest BCUT2D eigenvalue weighted by molar-refractivity contribution is -0.0489. The van der Waals surface area contributed by atoms with Crippen LogP contribution in [0.5, 0.6) is 0 Å². The average Bonchev–Trinajstić information content (AvgIpc) is 3.89. The third-order valence-electron chi connectivity index (χ3n) is 11.2. The van der Waals surface area contributed by atoms with Crippen LogP contribution in [-0.2, 0) is 89.6 Å². The molecule has 71 heavy (non-hydrogen) atoms. The molecular weight excluding hydrogens is 1020 g/mol. The highest BCUT2D eigenvalue weighted by Gasteiger charge is 2.56. The number of nitrogens with zero attached hydrogens (tertiary/aromatic N) is 3. The maximum atomic E-state index is 14.5. The summed E-state index contributed by atoms with van der Waals surface area (Å²) in [6.45, 7) is 6.90. The number of H-pyrrole nitrogens is 1. The Kier molecular flexibility index (Phi) is 17.5. The number of imidazole rings is 1. The molecule has 0 bridgehead atoms. The average molecular weight is 1080 g/mol. The summed E-state index contributed by atoms with van der Waals surface area (Å²) >= 11 is 0. The molecule has 22 nitrogen and oxygen atoms in total. The molecule has 4 unspecified atom stereocenters. The van der Waals surface area contributed by atoms with E-state index in [1.807, 2.05) is 33.9 Å². The normalized spacial score (nSPS) is 19.6. The van der Waals surface area contributed by atoms with E-state index in [-0.39, 0.29) is 30.3 Å². The summed E-state index contributed by atoms with van der Waals surface area (Å²) in [7, 11) is -24.3. The number of aromatic nitrogens is 4. The van der Waals surface area contributed by atoms with Gasteiger partial charge in [0, 0.05) is 0 Å². The fourth-order valence-corrected chi connectivity index (χ4v) is 13.3. The van der Waals surface area contributed by atoms with Crippen molar-refractivity contribution in [2.24, 2.45) is 0 Å². The fourth-order valence-electron chi connectivity index (χ4n) is 6.66. The number of aromatic amines is 1. The van der Waals surface area contributed by atoms with Crippen molar-refractivity contribution in [1.29, 1.82) is 0 Å². The van der Waals surface area contributed by atoms with Crippen molar-refractivity contribution in [3.05, 3.63) is 160 Å². The zero-order valence-corrected chi connectivity index (χ0v) is 43.8. The number of rotatable bonds is 24. The van der Waals surface area contributed by atoms with Crippen molar-refractivity contribution < 1.29 is 73.0 Å². The number of benzene rings is 4. The van der Waals surface area contributed by atoms with Crippen LogP contribution < -0.4 is 11.3 Å². The zero-order valence-electron chi connectivity index (χ0n) is 39.2. The van der Waals surface area contributed by atoms with E-state index in [0.717, 1.165) is 0 Å². The van der Waals surface area contributed by atoms with Crippen molar-refractivity contribution in [3.8, 4) is 0 Å². The van der Waals surface area contributed by atoms with Crippen LogP contribution in [0.15, 0.2) is 132 Å². The van der Waals surface area contributed by atoms with Crippen LogP contribution >= 0.6 is 31.3 Å². The number of anilines is 1. The summed E-state index contributed by atoms with van der Waals surface area (Å²) in [6, 6.07) is 33.8. The Bertz CT molecular complexity index is 2880. The summed E-state index contributed by atoms with van der Waals surface area (Å²) < 4.78 is 116. The van der Waals surface area contributed by atoms with Gasteiger partial charge >= 0.3 is 31.3 Å². The van der Waals surface area contributed by atoms with E-state index in [1.54, 1.807) is 121 Å². The number of ether oxygens (including phenoxy) is 1. The van der Waals surface area contributed by atoms with Gasteiger partial charge in [0.15, 0.2) is 25.7 Å². The first-order chi connectivity index (χ1) is 33.5. The SMILES string of the molecule is CC(C)(C)[Si](C)(C)OC1C(OP(=O)(O)OP(=O)(OCc2ccccc2)OCc2ccccc2)[C@@H](COP(=O)(O)OP(=O)(OCc2ccccc2)OCc2ccccc2)O[C@H]1n1cnc2c(=O)[nH]c(N)nc21. The number of phosphoric ester groups is 4. The molecule has 0 amide bonds. The lowest BCUT2D eigenvalue weighted by Gasteiger charge is -2.40. The second kappa shape index (κ2) is 22.8. The molecule has 1 aliphatic heterocycles. The van der Waals surface area contributed by atoms with Gasteiger partial charge in [-0.3, -0.25) is 41.5 Å². The summed E-state index contributed by atoms with van der Waals surface area (Å²) in [4.78, 5) is 46.8. The zero-order chi connectivity index (χ0) is 51.1. The van der Waals surface area contributed by atoms with Gasteiger partial charge < -0.3 is 24.7 Å². The Balaban J connectivity index is 1.23. The Labute approximate surface area is 410 Å². The third-order valence-corrected chi connectivity index (χ3v) is 21.7. The van der Waals surface area contributed by atoms with Gasteiger partial charge in [0.1, 0.15) is 18.3 Å². The Morgan fingerprint density at radius 2 is 1.10 bits per heavy atom. The molecule has 2 aromatic heterocycles. The van der Waals surface area contributed by atoms with E-state index in [1.165, 1.54) is 10.9 Å². The van der Waals surface area contributed by atoms with Gasteiger partial charge in [-0.05, 0) is 40.4 Å². The number of nitrogen functional groups attached to an aromatic ring is 1. The van der Waals surface area contributed by atoms with E-state index in [4.69, 9.17) is 50.7 Å². The van der Waals surface area contributed by atoms with Gasteiger partial charge in [0.2, 0.25) is 5.95 Å². The molecule has 3 heterocycles. The standard InChI is InChI=1S/C44H55N5O17P4Si/c1-44(2,3)71(4,5)64-39-38(63-68(53,54)66-70(56,60-28-34-22-14-8-15-23-34)61-29-35-24-16-9-17-25-35)36(62-42(39)49-31-46-37-40(49)47-43(45)48-41(37)50)30-57-67(51,52)65-69(55,58-26-32-18-10-6-11-19-32)59-27-33-20-12-7-13-21-33/h6-25,31,36,38-39,42H,26-30H2,1-5H3,(H,51,52)(H,53,54)(H3,45,47,48,50)/t36-,38?,39?,42-/m1/s1. The molecule has 5 N–H and O–H groups in total. The monoisotopic (exact) mass is 1080 g/mol. The highest BCUT2D eigenvalue weighted by Crippen LogP contribution is 2.67. The molecule has 6 aromatic rings. The van der Waals surface area contributed by atoms with Gasteiger partial charge in [-0.2, -0.15) is 13.6 Å². The highest BCUT2D eigenvalue weighted by molar-refractivity contribution is 7.62. The van der Waals surface area contributed by atoms with Crippen molar-refractivity contribution in [2.75, 3.05) is 12.3 Å². The molecule has 382 valence electrons. The summed E-state index contributed by atoms with van der Waals surface area (Å²) in [5.74, 6) is -0.293. The minimum atomic E-state index is -5.70. The second-order valence-electron chi connectivity index (χ2n) is 17.6. The molecular formula is C44H55N5O17P4Si. The van der Waals surface area contributed by atoms with E-state index in [9.17, 15) is 32.8 Å². The predicted octanol–water partition coefficient (Wildman–Crippen LogP) is 9.71. The number of nitrogens with two attached hydrogens (primary N) is 1. The van der Waals surface area contributed by atoms with E-state index in [0.29, 0.717) is 22.3 Å². The molecule has 27 heteroatoms. The van der Waals surface area contributed by atoms with Crippen LogP contribution in [0.4, 0.5) is 5.95 Å². The summed E-state index contributed by atoms with van der Waals surface area (Å²) in [5, 5.41) is -0.547. The van der Waals surface area contributed by atoms with Crippen molar-refractivity contribution >= 4 is 56.7 Å². The van der Waals surface area contributed by atoms with Crippen molar-refractivity contribution in [1.82, 2.24) is 19.5 Å². The maximum absolute atomic E-state index is 14.5. The fraction of sp³-hybridized carbons (Fsp3) is 0.341. The second-order valence-corrected chi connectivity index (χ2v) is 28.8. The lowest BCUT2D eigenvalue weighted by Crippen LogP contribution is -2.49. The number of hydrogen-bond acceptors (Lipinski definition) is 18. The highest BCUT2D eigenvalue weighted by atomic mass is 31.3. The van der Waals surface area contributed by atoms with Gasteiger partial charge in [-0.1, -0.05) is 142 Å². The largest absolute Gasteiger partial charge is 0.484 e. The molecule has 1 saturated heterocycles. The number of fused-ring (bicyclic) bond motifs is 1. The lowest BCUT2D eigenvalue weighted by atomic mass is 10.1. The summed E-state index contributed by atoms with van der Waals surface area (Å²) in [5.41, 5.74) is 7.02. The molecule has 0 saturated carbocycles. The Hall–Kier alpha value is -4.31. The van der Waals surface area contributed by atoms with Crippen LogP contribution in [0, 0.1) is 0 Å². The Morgan fingerprint density at radius 3 is 1.52 bits per heavy atom. The topological polar surface area (TPSA) is 291 Å². The van der Waals surface area contributed by atoms with E-state index < -0.39 is 94.6 Å². The molecule has 0 spiro atoms. The molecule has 1 aliphatic rings. The smallest absolute Gasteiger partial charge is 0.407 e. The summed E-state index contributed by atoms with van der Waals surface area (Å²) in [6.07, 6.45) is -5.37. The predicted molar refractivity (Wildman–Crippen MR) is 261 cm³/mol. The maximum Gasteiger partial charge on any atom is 0.484 e. The van der Waals surface area contributed by atoms with Crippen molar-refractivity contribution in [3.63, 3.8) is 0 Å². The Morgan fingerprint density at radius 1 is 0.676 bits per heavy atom. The molecule has 0 radical (unpaired) electrons.